The molecule has 0 radical (unpaired) electrons. The topological polar surface area (TPSA) is 112 Å². The molecule has 2 atom stereocenters. The lowest BCUT2D eigenvalue weighted by Gasteiger charge is -2.14. The maximum absolute atomic E-state index is 10.6. The van der Waals surface area contributed by atoms with Crippen molar-refractivity contribution >= 4 is 29.7 Å². The highest BCUT2D eigenvalue weighted by atomic mass is 32.2. The number of rotatable bonds is 7. The van der Waals surface area contributed by atoms with Gasteiger partial charge in [-0.1, -0.05) is 6.92 Å². The molecular weight excluding hydrogens is 224 g/mol. The molecule has 0 rings (SSSR count). The Morgan fingerprint density at radius 2 is 1.53 bits per heavy atom. The van der Waals surface area contributed by atoms with Crippen molar-refractivity contribution in [3.63, 3.8) is 0 Å². The molecule has 0 aliphatic carbocycles. The Morgan fingerprint density at radius 1 is 1.07 bits per heavy atom. The second-order valence-electron chi connectivity index (χ2n) is 2.80. The number of carboxylic acid groups (broad SMARTS) is 3. The summed E-state index contributed by atoms with van der Waals surface area (Å²) >= 11 is 0.654. The molecule has 0 heterocycles. The van der Waals surface area contributed by atoms with Crippen LogP contribution in [0.2, 0.25) is 0 Å². The molecule has 0 saturated carbocycles. The van der Waals surface area contributed by atoms with E-state index in [2.05, 4.69) is 0 Å². The van der Waals surface area contributed by atoms with Crippen molar-refractivity contribution in [2.75, 3.05) is 0 Å². The zero-order chi connectivity index (χ0) is 12.0. The Bertz CT molecular complexity index is 264. The highest BCUT2D eigenvalue weighted by molar-refractivity contribution is 8.01. The van der Waals surface area contributed by atoms with Crippen molar-refractivity contribution in [2.24, 2.45) is 0 Å². The summed E-state index contributed by atoms with van der Waals surface area (Å²) in [5.74, 6) is -3.68. The Kier molecular flexibility index (Phi) is 5.76. The highest BCUT2D eigenvalue weighted by Gasteiger charge is 2.28. The minimum absolute atomic E-state index is 0.253. The Balaban J connectivity index is 4.45. The minimum atomic E-state index is -1.30. The molecule has 0 saturated heterocycles. The lowest BCUT2D eigenvalue weighted by atomic mass is 10.3. The van der Waals surface area contributed by atoms with Gasteiger partial charge in [0.1, 0.15) is 10.5 Å². The molecule has 0 bridgehead atoms. The molecule has 0 aliphatic heterocycles. The van der Waals surface area contributed by atoms with E-state index < -0.39 is 34.8 Å². The van der Waals surface area contributed by atoms with Gasteiger partial charge in [0, 0.05) is 0 Å². The van der Waals surface area contributed by atoms with E-state index in [0.29, 0.717) is 11.8 Å². The summed E-state index contributed by atoms with van der Waals surface area (Å²) in [5, 5.41) is 23.7. The summed E-state index contributed by atoms with van der Waals surface area (Å²) in [4.78, 5) is 31.6. The third kappa shape index (κ3) is 5.26. The van der Waals surface area contributed by atoms with Crippen molar-refractivity contribution in [2.45, 2.75) is 30.3 Å². The van der Waals surface area contributed by atoms with Gasteiger partial charge in [-0.2, -0.15) is 0 Å². The average Bonchev–Trinajstić information content (AvgIpc) is 2.10. The van der Waals surface area contributed by atoms with Gasteiger partial charge >= 0.3 is 17.9 Å². The summed E-state index contributed by atoms with van der Waals surface area (Å²) in [6, 6.07) is 0. The van der Waals surface area contributed by atoms with Gasteiger partial charge < -0.3 is 15.3 Å². The highest BCUT2D eigenvalue weighted by Crippen LogP contribution is 2.23. The fraction of sp³-hybridized carbons (Fsp3) is 0.625. The van der Waals surface area contributed by atoms with Crippen LogP contribution >= 0.6 is 11.8 Å². The van der Waals surface area contributed by atoms with E-state index in [9.17, 15) is 14.4 Å². The number of carbonyl (C=O) groups is 3. The van der Waals surface area contributed by atoms with Gasteiger partial charge in [0.05, 0.1) is 6.42 Å². The van der Waals surface area contributed by atoms with E-state index >= 15 is 0 Å². The average molecular weight is 236 g/mol. The van der Waals surface area contributed by atoms with E-state index in [0.717, 1.165) is 0 Å². The fourth-order valence-electron chi connectivity index (χ4n) is 0.880. The van der Waals surface area contributed by atoms with Gasteiger partial charge in [-0.3, -0.25) is 14.4 Å². The standard InChI is InChI=1S/C8H12O6S/c1-2-4(7(11)12)15-5(8(13)14)3-6(9)10/h4-5H,2-3H2,1H3,(H,9,10)(H,11,12)(H,13,14)/t4-,5+/m1/s1. The number of hydrogen-bond donors (Lipinski definition) is 3. The smallest absolute Gasteiger partial charge is 0.317 e. The van der Waals surface area contributed by atoms with Gasteiger partial charge in [-0.05, 0) is 6.42 Å². The quantitative estimate of drug-likeness (QED) is 0.590. The molecule has 0 aromatic carbocycles. The lowest BCUT2D eigenvalue weighted by Crippen LogP contribution is -2.26. The predicted molar refractivity (Wildman–Crippen MR) is 53.0 cm³/mol. The molecule has 0 unspecified atom stereocenters. The second kappa shape index (κ2) is 6.28. The van der Waals surface area contributed by atoms with Crippen molar-refractivity contribution in [3.05, 3.63) is 0 Å². The molecule has 3 N–H and O–H groups in total. The van der Waals surface area contributed by atoms with E-state index in [1.807, 2.05) is 0 Å². The number of aliphatic carboxylic acids is 3. The van der Waals surface area contributed by atoms with Crippen LogP contribution < -0.4 is 0 Å². The summed E-state index contributed by atoms with van der Waals surface area (Å²) in [6.45, 7) is 1.60. The maximum atomic E-state index is 10.6. The van der Waals surface area contributed by atoms with Crippen LogP contribution in [0.3, 0.4) is 0 Å². The zero-order valence-corrected chi connectivity index (χ0v) is 8.86. The van der Waals surface area contributed by atoms with Crippen LogP contribution in [0.15, 0.2) is 0 Å². The number of thioether (sulfide) groups is 1. The van der Waals surface area contributed by atoms with Gasteiger partial charge in [0.15, 0.2) is 0 Å². The Hall–Kier alpha value is -1.24. The van der Waals surface area contributed by atoms with Crippen LogP contribution in [-0.4, -0.2) is 43.7 Å². The first kappa shape index (κ1) is 13.8. The minimum Gasteiger partial charge on any atom is -0.481 e. The zero-order valence-electron chi connectivity index (χ0n) is 8.04. The molecule has 0 aromatic heterocycles. The molecule has 6 nitrogen and oxygen atoms in total. The Labute approximate surface area is 90.3 Å². The summed E-state index contributed by atoms with van der Waals surface area (Å²) in [5.41, 5.74) is 0. The molecule has 0 fully saturated rings. The first-order chi connectivity index (χ1) is 6.88. The molecule has 0 aliphatic rings. The van der Waals surface area contributed by atoms with Crippen LogP contribution in [0.1, 0.15) is 19.8 Å². The summed E-state index contributed by atoms with van der Waals surface area (Å²) < 4.78 is 0. The van der Waals surface area contributed by atoms with Gasteiger partial charge in [0.2, 0.25) is 0 Å². The van der Waals surface area contributed by atoms with Crippen LogP contribution in [-0.2, 0) is 14.4 Å². The normalized spacial score (nSPS) is 14.2. The number of carboxylic acids is 3. The summed E-state index contributed by atoms with van der Waals surface area (Å²) in [7, 11) is 0. The molecule has 0 aromatic rings. The van der Waals surface area contributed by atoms with E-state index in [-0.39, 0.29) is 6.42 Å². The first-order valence-corrected chi connectivity index (χ1v) is 5.15. The van der Waals surface area contributed by atoms with Crippen molar-refractivity contribution < 1.29 is 29.7 Å². The third-order valence-electron chi connectivity index (χ3n) is 1.61. The number of hydrogen-bond acceptors (Lipinski definition) is 4. The second-order valence-corrected chi connectivity index (χ2v) is 4.21. The molecular formula is C8H12O6S. The van der Waals surface area contributed by atoms with Gasteiger partial charge in [-0.15, -0.1) is 11.8 Å². The molecule has 0 amide bonds. The van der Waals surface area contributed by atoms with Gasteiger partial charge in [-0.25, -0.2) is 0 Å². The molecule has 0 spiro atoms. The van der Waals surface area contributed by atoms with E-state index in [1.165, 1.54) is 0 Å². The van der Waals surface area contributed by atoms with Gasteiger partial charge in [0.25, 0.3) is 0 Å². The maximum Gasteiger partial charge on any atom is 0.317 e. The van der Waals surface area contributed by atoms with Crippen LogP contribution in [0, 0.1) is 0 Å². The first-order valence-electron chi connectivity index (χ1n) is 4.21. The molecule has 7 heteroatoms. The Morgan fingerprint density at radius 3 is 1.80 bits per heavy atom. The molecule has 86 valence electrons. The monoisotopic (exact) mass is 236 g/mol. The fourth-order valence-corrected chi connectivity index (χ4v) is 1.94. The molecule has 15 heavy (non-hydrogen) atoms. The SMILES string of the molecule is CC[C@@H](S[C@@H](CC(=O)O)C(=O)O)C(=O)O. The predicted octanol–water partition coefficient (Wildman–Crippen LogP) is 0.511. The largest absolute Gasteiger partial charge is 0.481 e. The summed E-state index contributed by atoms with van der Waals surface area (Å²) in [6.07, 6.45) is -0.326. The van der Waals surface area contributed by atoms with Crippen molar-refractivity contribution in [1.82, 2.24) is 0 Å². The van der Waals surface area contributed by atoms with Crippen molar-refractivity contribution in [1.29, 1.82) is 0 Å². The van der Waals surface area contributed by atoms with Crippen LogP contribution in [0.25, 0.3) is 0 Å². The van der Waals surface area contributed by atoms with Crippen LogP contribution in [0.4, 0.5) is 0 Å². The van der Waals surface area contributed by atoms with E-state index in [4.69, 9.17) is 15.3 Å². The van der Waals surface area contributed by atoms with E-state index in [1.54, 1.807) is 6.92 Å². The van der Waals surface area contributed by atoms with Crippen molar-refractivity contribution in [3.8, 4) is 0 Å². The lowest BCUT2D eigenvalue weighted by molar-refractivity contribution is -0.143. The van der Waals surface area contributed by atoms with Crippen LogP contribution in [0.5, 0.6) is 0 Å². The third-order valence-corrected chi connectivity index (χ3v) is 3.17.